The van der Waals surface area contributed by atoms with E-state index in [0.29, 0.717) is 11.1 Å². The fourth-order valence-corrected chi connectivity index (χ4v) is 1.10. The van der Waals surface area contributed by atoms with Gasteiger partial charge in [-0.3, -0.25) is 4.79 Å². The summed E-state index contributed by atoms with van der Waals surface area (Å²) in [6.07, 6.45) is 0.0674. The maximum atomic E-state index is 11.1. The van der Waals surface area contributed by atoms with Crippen LogP contribution in [0.1, 0.15) is 15.9 Å². The molecule has 0 atom stereocenters. The van der Waals surface area contributed by atoms with Gasteiger partial charge in [-0.2, -0.15) is 5.26 Å². The van der Waals surface area contributed by atoms with Gasteiger partial charge in [0.1, 0.15) is 6.07 Å². The highest BCUT2D eigenvalue weighted by Gasteiger charge is 2.06. The molecule has 0 unspecified atom stereocenters. The molecule has 0 aliphatic rings. The molecule has 0 N–H and O–H groups in total. The van der Waals surface area contributed by atoms with Crippen LogP contribution in [0.15, 0.2) is 24.3 Å². The molecule has 76 valence electrons. The lowest BCUT2D eigenvalue weighted by atomic mass is 10.1. The van der Waals surface area contributed by atoms with Gasteiger partial charge in [0.05, 0.1) is 12.7 Å². The third-order valence-electron chi connectivity index (χ3n) is 1.86. The molecule has 0 bridgehead atoms. The molecule has 0 spiro atoms. The number of carbonyl (C=O) groups is 2. The van der Waals surface area contributed by atoms with Crippen LogP contribution in [0.3, 0.4) is 0 Å². The van der Waals surface area contributed by atoms with E-state index in [1.54, 1.807) is 24.3 Å². The van der Waals surface area contributed by atoms with Gasteiger partial charge >= 0.3 is 5.97 Å². The normalized spacial score (nSPS) is 9.07. The average Bonchev–Trinajstić information content (AvgIpc) is 2.29. The van der Waals surface area contributed by atoms with Crippen molar-refractivity contribution in [2.24, 2.45) is 0 Å². The molecular weight excluding hydrogens is 194 g/mol. The number of hydrogen-bond donors (Lipinski definition) is 0. The van der Waals surface area contributed by atoms with Crippen molar-refractivity contribution < 1.29 is 14.3 Å². The van der Waals surface area contributed by atoms with Crippen LogP contribution in [0.25, 0.3) is 0 Å². The predicted molar refractivity (Wildman–Crippen MR) is 52.1 cm³/mol. The Morgan fingerprint density at radius 3 is 2.40 bits per heavy atom. The van der Waals surface area contributed by atoms with Gasteiger partial charge in [-0.15, -0.1) is 0 Å². The number of ketones is 1. The zero-order chi connectivity index (χ0) is 11.3. The summed E-state index contributed by atoms with van der Waals surface area (Å²) in [7, 11) is 1.30. The molecule has 15 heavy (non-hydrogen) atoms. The van der Waals surface area contributed by atoms with Crippen LogP contribution < -0.4 is 0 Å². The highest BCUT2D eigenvalue weighted by atomic mass is 16.5. The van der Waals surface area contributed by atoms with Crippen LogP contribution >= 0.6 is 0 Å². The van der Waals surface area contributed by atoms with E-state index in [1.807, 2.05) is 0 Å². The van der Waals surface area contributed by atoms with Gasteiger partial charge in [-0.25, -0.2) is 4.79 Å². The summed E-state index contributed by atoms with van der Waals surface area (Å²) in [6, 6.07) is 7.91. The molecular formula is C11H9NO3. The average molecular weight is 203 g/mol. The first kappa shape index (κ1) is 10.9. The minimum atomic E-state index is -0.499. The first-order chi connectivity index (χ1) is 7.17. The van der Waals surface area contributed by atoms with Crippen molar-refractivity contribution in [3.8, 4) is 6.07 Å². The number of esters is 1. The second-order valence-corrected chi connectivity index (χ2v) is 2.90. The van der Waals surface area contributed by atoms with E-state index < -0.39 is 11.8 Å². The topological polar surface area (TPSA) is 67.2 Å². The lowest BCUT2D eigenvalue weighted by Gasteiger charge is -2.00. The molecule has 0 saturated heterocycles. The molecule has 0 fully saturated rings. The summed E-state index contributed by atoms with van der Waals surface area (Å²) in [5, 5.41) is 8.30. The van der Waals surface area contributed by atoms with Crippen molar-refractivity contribution in [3.63, 3.8) is 0 Å². The van der Waals surface area contributed by atoms with Gasteiger partial charge < -0.3 is 4.74 Å². The minimum absolute atomic E-state index is 0.0674. The number of carbonyl (C=O) groups excluding carboxylic acids is 2. The van der Waals surface area contributed by atoms with Crippen LogP contribution in [0.4, 0.5) is 0 Å². The molecule has 0 aliphatic carbocycles. The standard InChI is InChI=1S/C11H9NO3/c1-15-11(14)9-4-2-8(3-5-9)6-10(13)7-12/h2-5H,6H2,1H3. The number of benzene rings is 1. The highest BCUT2D eigenvalue weighted by Crippen LogP contribution is 2.06. The number of nitrogens with zero attached hydrogens (tertiary/aromatic N) is 1. The van der Waals surface area contributed by atoms with E-state index >= 15 is 0 Å². The molecule has 0 radical (unpaired) electrons. The second kappa shape index (κ2) is 4.91. The molecule has 1 aromatic carbocycles. The van der Waals surface area contributed by atoms with Gasteiger partial charge in [-0.1, -0.05) is 12.1 Å². The van der Waals surface area contributed by atoms with Crippen LogP contribution in [-0.2, 0) is 16.0 Å². The van der Waals surface area contributed by atoms with E-state index in [9.17, 15) is 9.59 Å². The Morgan fingerprint density at radius 1 is 1.33 bits per heavy atom. The molecule has 0 aromatic heterocycles. The number of Topliss-reactive ketones (excluding diaryl/α,β-unsaturated/α-hetero) is 1. The Bertz CT molecular complexity index is 414. The Kier molecular flexibility index (Phi) is 3.58. The molecule has 4 heteroatoms. The summed E-state index contributed by atoms with van der Waals surface area (Å²) >= 11 is 0. The maximum Gasteiger partial charge on any atom is 0.337 e. The van der Waals surface area contributed by atoms with Crippen LogP contribution in [0.2, 0.25) is 0 Å². The fourth-order valence-electron chi connectivity index (χ4n) is 1.10. The smallest absolute Gasteiger partial charge is 0.337 e. The molecule has 0 saturated carbocycles. The first-order valence-corrected chi connectivity index (χ1v) is 4.27. The number of hydrogen-bond acceptors (Lipinski definition) is 4. The van der Waals surface area contributed by atoms with Gasteiger partial charge in [0, 0.05) is 6.42 Å². The van der Waals surface area contributed by atoms with Crippen molar-refractivity contribution >= 4 is 11.8 Å². The van der Waals surface area contributed by atoms with Gasteiger partial charge in [-0.05, 0) is 17.7 Å². The Balaban J connectivity index is 2.78. The lowest BCUT2D eigenvalue weighted by Crippen LogP contribution is -2.02. The number of methoxy groups -OCH3 is 1. The van der Waals surface area contributed by atoms with Crippen LogP contribution in [0.5, 0.6) is 0 Å². The third-order valence-corrected chi connectivity index (χ3v) is 1.86. The minimum Gasteiger partial charge on any atom is -0.465 e. The van der Waals surface area contributed by atoms with Crippen molar-refractivity contribution in [2.75, 3.05) is 7.11 Å². The largest absolute Gasteiger partial charge is 0.465 e. The third kappa shape index (κ3) is 2.92. The van der Waals surface area contributed by atoms with Crippen molar-refractivity contribution in [2.45, 2.75) is 6.42 Å². The number of rotatable bonds is 3. The Hall–Kier alpha value is -2.15. The summed E-state index contributed by atoms with van der Waals surface area (Å²) in [5.41, 5.74) is 1.12. The van der Waals surface area contributed by atoms with Gasteiger partial charge in [0.15, 0.2) is 0 Å². The summed E-state index contributed by atoms with van der Waals surface area (Å²) in [6.45, 7) is 0. The maximum absolute atomic E-state index is 11.1. The van der Waals surface area contributed by atoms with E-state index in [2.05, 4.69) is 4.74 Å². The first-order valence-electron chi connectivity index (χ1n) is 4.27. The Labute approximate surface area is 87.1 Å². The predicted octanol–water partition coefficient (Wildman–Crippen LogP) is 1.11. The Morgan fingerprint density at radius 2 is 1.93 bits per heavy atom. The second-order valence-electron chi connectivity index (χ2n) is 2.90. The molecule has 0 aliphatic heterocycles. The zero-order valence-electron chi connectivity index (χ0n) is 8.19. The quantitative estimate of drug-likeness (QED) is 0.545. The van der Waals surface area contributed by atoms with Gasteiger partial charge in [0.25, 0.3) is 0 Å². The lowest BCUT2D eigenvalue weighted by molar-refractivity contribution is -0.113. The summed E-state index contributed by atoms with van der Waals surface area (Å²) < 4.78 is 4.52. The highest BCUT2D eigenvalue weighted by molar-refractivity contribution is 5.95. The van der Waals surface area contributed by atoms with E-state index in [0.717, 1.165) is 0 Å². The molecule has 0 amide bonds. The molecule has 4 nitrogen and oxygen atoms in total. The van der Waals surface area contributed by atoms with Crippen molar-refractivity contribution in [3.05, 3.63) is 35.4 Å². The number of ether oxygens (including phenoxy) is 1. The summed E-state index contributed by atoms with van der Waals surface area (Å²) in [4.78, 5) is 21.9. The van der Waals surface area contributed by atoms with Crippen molar-refractivity contribution in [1.82, 2.24) is 0 Å². The van der Waals surface area contributed by atoms with E-state index in [1.165, 1.54) is 13.2 Å². The zero-order valence-corrected chi connectivity index (χ0v) is 8.19. The monoisotopic (exact) mass is 203 g/mol. The fraction of sp³-hybridized carbons (Fsp3) is 0.182. The number of nitriles is 1. The molecule has 1 aromatic rings. The van der Waals surface area contributed by atoms with Crippen LogP contribution in [0, 0.1) is 11.3 Å². The van der Waals surface area contributed by atoms with E-state index in [-0.39, 0.29) is 6.42 Å². The molecule has 1 rings (SSSR count). The molecule has 0 heterocycles. The van der Waals surface area contributed by atoms with Crippen molar-refractivity contribution in [1.29, 1.82) is 5.26 Å². The van der Waals surface area contributed by atoms with Crippen LogP contribution in [-0.4, -0.2) is 18.9 Å². The summed E-state index contributed by atoms with van der Waals surface area (Å²) in [5.74, 6) is -0.922. The SMILES string of the molecule is COC(=O)c1ccc(CC(=O)C#N)cc1. The van der Waals surface area contributed by atoms with E-state index in [4.69, 9.17) is 5.26 Å². The van der Waals surface area contributed by atoms with Gasteiger partial charge in [0.2, 0.25) is 5.78 Å².